The third-order valence-corrected chi connectivity index (χ3v) is 7.35. The number of amides is 1. The van der Waals surface area contributed by atoms with Crippen molar-refractivity contribution < 1.29 is 4.79 Å². The molecule has 4 bridgehead atoms. The normalized spacial score (nSPS) is 40.3. The Labute approximate surface area is 152 Å². The Balaban J connectivity index is 1.28. The SMILES string of the molecule is N#C[C@@H]1CCCN1C(=O)CNC12CC3CC1CC(Cn1cnnn1)(C3)C2. The molecule has 6 rings (SSSR count). The van der Waals surface area contributed by atoms with Crippen molar-refractivity contribution in [2.45, 2.75) is 63.1 Å². The van der Waals surface area contributed by atoms with Gasteiger partial charge in [-0.2, -0.15) is 5.26 Å². The van der Waals surface area contributed by atoms with Crippen molar-refractivity contribution in [2.24, 2.45) is 17.3 Å². The molecule has 5 atom stereocenters. The zero-order valence-corrected chi connectivity index (χ0v) is 15.0. The van der Waals surface area contributed by atoms with Crippen molar-refractivity contribution in [3.63, 3.8) is 0 Å². The topological polar surface area (TPSA) is 99.7 Å². The van der Waals surface area contributed by atoms with E-state index in [0.717, 1.165) is 38.3 Å². The number of carbonyl (C=O) groups excluding carboxylic acids is 1. The second-order valence-electron chi connectivity index (χ2n) is 8.98. The second kappa shape index (κ2) is 5.74. The number of aromatic nitrogens is 4. The zero-order valence-electron chi connectivity index (χ0n) is 15.0. The first-order valence-corrected chi connectivity index (χ1v) is 9.76. The summed E-state index contributed by atoms with van der Waals surface area (Å²) < 4.78 is 1.87. The number of tetrazole rings is 1. The summed E-state index contributed by atoms with van der Waals surface area (Å²) in [6.07, 6.45) is 9.49. The first kappa shape index (κ1) is 16.2. The third-order valence-electron chi connectivity index (χ3n) is 7.35. The van der Waals surface area contributed by atoms with E-state index in [1.807, 2.05) is 4.68 Å². The molecule has 4 saturated carbocycles. The molecule has 0 aromatic carbocycles. The van der Waals surface area contributed by atoms with Gasteiger partial charge in [-0.1, -0.05) is 0 Å². The first-order valence-electron chi connectivity index (χ1n) is 9.76. The Morgan fingerprint density at radius 2 is 2.31 bits per heavy atom. The number of carbonyl (C=O) groups is 1. The van der Waals surface area contributed by atoms with Crippen LogP contribution >= 0.6 is 0 Å². The van der Waals surface area contributed by atoms with E-state index in [1.54, 1.807) is 11.2 Å². The fraction of sp³-hybridized carbons (Fsp3) is 0.833. The lowest BCUT2D eigenvalue weighted by atomic mass is 9.68. The minimum Gasteiger partial charge on any atom is -0.326 e. The maximum absolute atomic E-state index is 12.7. The average molecular weight is 355 g/mol. The van der Waals surface area contributed by atoms with Crippen molar-refractivity contribution >= 4 is 5.91 Å². The van der Waals surface area contributed by atoms with Crippen molar-refractivity contribution in [2.75, 3.05) is 13.1 Å². The number of rotatable bonds is 5. The lowest BCUT2D eigenvalue weighted by Crippen LogP contribution is -2.52. The maximum atomic E-state index is 12.7. The van der Waals surface area contributed by atoms with Gasteiger partial charge in [-0.15, -0.1) is 5.10 Å². The van der Waals surface area contributed by atoms with Gasteiger partial charge in [0.25, 0.3) is 0 Å². The van der Waals surface area contributed by atoms with Gasteiger partial charge in [0.1, 0.15) is 12.4 Å². The van der Waals surface area contributed by atoms with Gasteiger partial charge in [0.05, 0.1) is 19.2 Å². The van der Waals surface area contributed by atoms with Crippen LogP contribution < -0.4 is 5.32 Å². The van der Waals surface area contributed by atoms with Crippen LogP contribution in [0.5, 0.6) is 0 Å². The summed E-state index contributed by atoms with van der Waals surface area (Å²) in [6.45, 7) is 1.97. The van der Waals surface area contributed by atoms with E-state index < -0.39 is 0 Å². The molecule has 5 fully saturated rings. The molecule has 2 heterocycles. The lowest BCUT2D eigenvalue weighted by molar-refractivity contribution is -0.130. The standard InChI is InChI=1S/C18H25N7O/c19-8-15-2-1-3-25(15)16(26)9-20-18-6-13-4-14(18)7-17(5-13,10-18)11-24-12-21-22-23-24/h12-15,20H,1-7,9-11H2/t13?,14?,15-,17?,18?/m0/s1. The Morgan fingerprint density at radius 1 is 1.38 bits per heavy atom. The van der Waals surface area contributed by atoms with Gasteiger partial charge in [0.2, 0.25) is 5.91 Å². The largest absolute Gasteiger partial charge is 0.326 e. The highest BCUT2D eigenvalue weighted by Gasteiger charge is 2.63. The van der Waals surface area contributed by atoms with Gasteiger partial charge in [-0.3, -0.25) is 4.79 Å². The summed E-state index contributed by atoms with van der Waals surface area (Å²) in [5.74, 6) is 1.49. The van der Waals surface area contributed by atoms with E-state index in [1.165, 1.54) is 25.7 Å². The molecule has 4 aliphatic carbocycles. The molecule has 26 heavy (non-hydrogen) atoms. The van der Waals surface area contributed by atoms with Gasteiger partial charge in [0, 0.05) is 12.1 Å². The molecule has 1 aromatic heterocycles. The monoisotopic (exact) mass is 355 g/mol. The summed E-state index contributed by atoms with van der Waals surface area (Å²) >= 11 is 0. The van der Waals surface area contributed by atoms with Crippen LogP contribution in [0.3, 0.4) is 0 Å². The van der Waals surface area contributed by atoms with Crippen LogP contribution in [0.1, 0.15) is 44.9 Å². The van der Waals surface area contributed by atoms with E-state index >= 15 is 0 Å². The van der Waals surface area contributed by atoms with Gasteiger partial charge in [-0.25, -0.2) is 4.68 Å². The quantitative estimate of drug-likeness (QED) is 0.836. The van der Waals surface area contributed by atoms with Gasteiger partial charge < -0.3 is 10.2 Å². The summed E-state index contributed by atoms with van der Waals surface area (Å²) in [5.41, 5.74) is 0.356. The molecule has 1 aromatic rings. The van der Waals surface area contributed by atoms with Crippen molar-refractivity contribution in [3.8, 4) is 6.07 Å². The van der Waals surface area contributed by atoms with E-state index in [0.29, 0.717) is 12.5 Å². The molecular weight excluding hydrogens is 330 g/mol. The minimum absolute atomic E-state index is 0.0872. The molecule has 8 heteroatoms. The smallest absolute Gasteiger partial charge is 0.237 e. The van der Waals surface area contributed by atoms with Crippen molar-refractivity contribution in [1.29, 1.82) is 5.26 Å². The predicted octanol–water partition coefficient (Wildman–Crippen LogP) is 0.726. The molecular formula is C18H25N7O. The highest BCUT2D eigenvalue weighted by Crippen LogP contribution is 2.66. The highest BCUT2D eigenvalue weighted by atomic mass is 16.2. The molecule has 5 aliphatic rings. The highest BCUT2D eigenvalue weighted by molar-refractivity contribution is 5.79. The summed E-state index contributed by atoms with van der Waals surface area (Å²) in [6, 6.07) is 2.04. The average Bonchev–Trinajstić information content (AvgIpc) is 3.36. The molecule has 138 valence electrons. The van der Waals surface area contributed by atoms with Crippen LogP contribution in [0.4, 0.5) is 0 Å². The van der Waals surface area contributed by atoms with E-state index in [9.17, 15) is 10.1 Å². The number of nitrogens with zero attached hydrogens (tertiary/aromatic N) is 6. The molecule has 1 amide bonds. The Morgan fingerprint density at radius 3 is 3.12 bits per heavy atom. The van der Waals surface area contributed by atoms with Crippen molar-refractivity contribution in [3.05, 3.63) is 6.33 Å². The molecule has 1 aliphatic heterocycles. The van der Waals surface area contributed by atoms with Crippen LogP contribution in [0, 0.1) is 28.6 Å². The van der Waals surface area contributed by atoms with Crippen LogP contribution in [-0.4, -0.2) is 55.7 Å². The summed E-state index contributed by atoms with van der Waals surface area (Å²) in [5, 5.41) is 24.5. The lowest BCUT2D eigenvalue weighted by Gasteiger charge is -2.41. The van der Waals surface area contributed by atoms with Gasteiger partial charge in [0.15, 0.2) is 0 Å². The maximum Gasteiger partial charge on any atom is 0.237 e. The number of nitriles is 1. The Bertz CT molecular complexity index is 743. The van der Waals surface area contributed by atoms with E-state index in [2.05, 4.69) is 26.9 Å². The van der Waals surface area contributed by atoms with Gasteiger partial charge >= 0.3 is 0 Å². The van der Waals surface area contributed by atoms with E-state index in [-0.39, 0.29) is 22.9 Å². The first-order chi connectivity index (χ1) is 12.6. The molecule has 4 unspecified atom stereocenters. The Kier molecular flexibility index (Phi) is 3.58. The Hall–Kier alpha value is -2.01. The summed E-state index contributed by atoms with van der Waals surface area (Å²) in [4.78, 5) is 14.4. The summed E-state index contributed by atoms with van der Waals surface area (Å²) in [7, 11) is 0. The molecule has 1 N–H and O–H groups in total. The fourth-order valence-corrected chi connectivity index (χ4v) is 6.69. The van der Waals surface area contributed by atoms with Crippen LogP contribution in [-0.2, 0) is 11.3 Å². The van der Waals surface area contributed by atoms with Crippen LogP contribution in [0.2, 0.25) is 0 Å². The number of likely N-dealkylation sites (tertiary alicyclic amines) is 1. The number of hydrogen-bond acceptors (Lipinski definition) is 6. The minimum atomic E-state index is -0.232. The molecule has 0 radical (unpaired) electrons. The van der Waals surface area contributed by atoms with Gasteiger partial charge in [-0.05, 0) is 72.6 Å². The van der Waals surface area contributed by atoms with Crippen molar-refractivity contribution in [1.82, 2.24) is 30.4 Å². The van der Waals surface area contributed by atoms with Crippen LogP contribution in [0.15, 0.2) is 6.33 Å². The fourth-order valence-electron chi connectivity index (χ4n) is 6.69. The molecule has 1 saturated heterocycles. The third kappa shape index (κ3) is 2.44. The molecule has 0 spiro atoms. The van der Waals surface area contributed by atoms with Crippen LogP contribution in [0.25, 0.3) is 0 Å². The second-order valence-corrected chi connectivity index (χ2v) is 8.98. The van der Waals surface area contributed by atoms with E-state index in [4.69, 9.17) is 0 Å². The predicted molar refractivity (Wildman–Crippen MR) is 91.4 cm³/mol. The zero-order chi connectivity index (χ0) is 17.8. The number of nitrogens with one attached hydrogen (secondary N) is 1. The molecule has 8 nitrogen and oxygen atoms in total. The number of hydrogen-bond donors (Lipinski definition) is 1.